The minimum atomic E-state index is -3.04. The Kier molecular flexibility index (Phi) is 6.90. The predicted octanol–water partition coefficient (Wildman–Crippen LogP) is 3.45. The van der Waals surface area contributed by atoms with E-state index in [4.69, 9.17) is 9.47 Å². The first kappa shape index (κ1) is 23.2. The first-order valence-corrected chi connectivity index (χ1v) is 12.8. The molecule has 2 N–H and O–H groups in total. The second-order valence-corrected chi connectivity index (χ2v) is 13.7. The molecule has 0 aliphatic carbocycles. The van der Waals surface area contributed by atoms with Gasteiger partial charge in [-0.1, -0.05) is 74.5 Å². The fraction of sp³-hybridized carbons (Fsp3) is 0.520. The van der Waals surface area contributed by atoms with E-state index >= 15 is 0 Å². The molecule has 1 heterocycles. The maximum absolute atomic E-state index is 12.3. The summed E-state index contributed by atoms with van der Waals surface area (Å²) in [4.78, 5) is 12.3. The van der Waals surface area contributed by atoms with Crippen LogP contribution in [0.4, 0.5) is 0 Å². The normalized spacial score (nSPS) is 18.9. The Morgan fingerprint density at radius 3 is 1.77 bits per heavy atom. The fourth-order valence-corrected chi connectivity index (χ4v) is 8.19. The maximum Gasteiger partial charge on any atom is 0.258 e. The van der Waals surface area contributed by atoms with Crippen LogP contribution in [0.2, 0.25) is 5.04 Å². The lowest BCUT2D eigenvalue weighted by Gasteiger charge is -2.47. The first-order chi connectivity index (χ1) is 14.1. The smallest absolute Gasteiger partial charge is 0.258 e. The molecule has 1 fully saturated rings. The minimum Gasteiger partial charge on any atom is -0.424 e. The van der Waals surface area contributed by atoms with Crippen LogP contribution in [0.25, 0.3) is 0 Å². The number of hydrogen-bond donors (Lipinski definition) is 2. The van der Waals surface area contributed by atoms with Gasteiger partial charge in [-0.3, -0.25) is 0 Å². The molecule has 0 aromatic heterocycles. The van der Waals surface area contributed by atoms with Crippen molar-refractivity contribution in [1.82, 2.24) is 0 Å². The molecule has 0 unspecified atom stereocenters. The lowest BCUT2D eigenvalue weighted by atomic mass is 9.79. The van der Waals surface area contributed by atoms with Crippen molar-refractivity contribution >= 4 is 18.7 Å². The van der Waals surface area contributed by atoms with Gasteiger partial charge in [0.05, 0.1) is 13.2 Å². The molecule has 0 spiro atoms. The summed E-state index contributed by atoms with van der Waals surface area (Å²) < 4.78 is 11.9. The molecule has 0 radical (unpaired) electrons. The lowest BCUT2D eigenvalue weighted by Crippen LogP contribution is -2.65. The van der Waals surface area contributed by atoms with Gasteiger partial charge in [-0.05, 0) is 48.5 Å². The van der Waals surface area contributed by atoms with Crippen molar-refractivity contribution in [1.29, 1.82) is 0 Å². The van der Waals surface area contributed by atoms with Gasteiger partial charge in [0.25, 0.3) is 8.32 Å². The van der Waals surface area contributed by atoms with E-state index < -0.39 is 14.1 Å². The van der Waals surface area contributed by atoms with Crippen molar-refractivity contribution in [2.75, 3.05) is 19.8 Å². The van der Waals surface area contributed by atoms with Crippen LogP contribution in [0.5, 0.6) is 0 Å². The van der Waals surface area contributed by atoms with E-state index in [2.05, 4.69) is 38.1 Å². The van der Waals surface area contributed by atoms with E-state index in [1.165, 1.54) is 0 Å². The van der Waals surface area contributed by atoms with Gasteiger partial charge in [0.15, 0.2) is 5.79 Å². The van der Waals surface area contributed by atoms with Crippen LogP contribution in [0.3, 0.4) is 0 Å². The second kappa shape index (κ2) is 8.93. The average molecular weight is 429 g/mol. The molecule has 0 bridgehead atoms. The molecule has 1 aliphatic heterocycles. The zero-order valence-electron chi connectivity index (χ0n) is 18.7. The summed E-state index contributed by atoms with van der Waals surface area (Å²) in [6.45, 7) is 9.44. The molecule has 1 aliphatic rings. The van der Waals surface area contributed by atoms with Crippen molar-refractivity contribution in [3.63, 3.8) is 0 Å². The zero-order chi connectivity index (χ0) is 21.9. The summed E-state index contributed by atoms with van der Waals surface area (Å²) in [5.74, 6) is -0.585. The summed E-state index contributed by atoms with van der Waals surface area (Å²) in [7, 11) is -3.04. The highest BCUT2D eigenvalue weighted by Crippen LogP contribution is 2.45. The summed E-state index contributed by atoms with van der Waals surface area (Å²) in [5.41, 5.74) is -0.232. The first-order valence-electron chi connectivity index (χ1n) is 10.9. The maximum atomic E-state index is 12.3. The monoisotopic (exact) mass is 428 g/mol. The highest BCUT2D eigenvalue weighted by molar-refractivity contribution is 6.98. The third kappa shape index (κ3) is 4.71. The predicted molar refractivity (Wildman–Crippen MR) is 124 cm³/mol. The molecule has 1 saturated heterocycles. The highest BCUT2D eigenvalue weighted by Gasteiger charge is 2.51. The van der Waals surface area contributed by atoms with Crippen LogP contribution in [-0.2, 0) is 9.47 Å². The van der Waals surface area contributed by atoms with E-state index in [1.807, 2.05) is 50.2 Å². The van der Waals surface area contributed by atoms with E-state index in [0.29, 0.717) is 19.6 Å². The van der Waals surface area contributed by atoms with Crippen molar-refractivity contribution in [3.05, 3.63) is 60.7 Å². The molecule has 2 aromatic rings. The molecule has 4 nitrogen and oxygen atoms in total. The number of aliphatic hydroxyl groups is 1. The summed E-state index contributed by atoms with van der Waals surface area (Å²) in [6.07, 6.45) is 2.27. The van der Waals surface area contributed by atoms with E-state index in [0.717, 1.165) is 23.2 Å². The topological polar surface area (TPSA) is 58.9 Å². The Bertz CT molecular complexity index is 755. The van der Waals surface area contributed by atoms with Crippen molar-refractivity contribution < 1.29 is 19.4 Å². The van der Waals surface area contributed by atoms with Crippen molar-refractivity contribution in [2.24, 2.45) is 5.41 Å². The lowest BCUT2D eigenvalue weighted by molar-refractivity contribution is -0.288. The van der Waals surface area contributed by atoms with Gasteiger partial charge in [-0.15, -0.1) is 0 Å². The molecular weight excluding hydrogens is 392 g/mol. The second-order valence-electron chi connectivity index (χ2n) is 9.78. The van der Waals surface area contributed by atoms with Crippen molar-refractivity contribution in [2.45, 2.75) is 57.8 Å². The quantitative estimate of drug-likeness (QED) is 0.632. The molecule has 0 amide bonds. The summed E-state index contributed by atoms with van der Waals surface area (Å²) in [6, 6.07) is 20.2. The van der Waals surface area contributed by atoms with Gasteiger partial charge >= 0.3 is 0 Å². The van der Waals surface area contributed by atoms with Crippen LogP contribution >= 0.6 is 0 Å². The van der Waals surface area contributed by atoms with Crippen LogP contribution in [0.1, 0.15) is 47.0 Å². The molecular formula is C25H36O4Si. The van der Waals surface area contributed by atoms with Gasteiger partial charge < -0.3 is 19.4 Å². The zero-order valence-corrected chi connectivity index (χ0v) is 19.7. The Labute approximate surface area is 182 Å². The van der Waals surface area contributed by atoms with Crippen LogP contribution in [0, 0.1) is 5.41 Å². The highest BCUT2D eigenvalue weighted by atomic mass is 28.4. The summed E-state index contributed by atoms with van der Waals surface area (Å²) >= 11 is 0. The average Bonchev–Trinajstić information content (AvgIpc) is 2.75. The Morgan fingerprint density at radius 2 is 1.33 bits per heavy atom. The standard InChI is InChI=1S/C25H36O4Si/c1-23(2,15-16-25(17-18-26)19-28-24(3,4)29-20-25)30(27,21-11-7-5-8-12-21)22-13-9-6-10-14-22/h5-14,26-27H,15-20H2,1-4H3. The molecule has 30 heavy (non-hydrogen) atoms. The largest absolute Gasteiger partial charge is 0.424 e. The van der Waals surface area contributed by atoms with Gasteiger partial charge in [-0.25, -0.2) is 0 Å². The van der Waals surface area contributed by atoms with Gasteiger partial charge in [0.1, 0.15) is 0 Å². The Hall–Kier alpha value is -1.50. The number of benzene rings is 2. The van der Waals surface area contributed by atoms with E-state index in [-0.39, 0.29) is 17.1 Å². The van der Waals surface area contributed by atoms with Gasteiger partial charge in [-0.2, -0.15) is 0 Å². The number of hydrogen-bond acceptors (Lipinski definition) is 4. The summed E-state index contributed by atoms with van der Waals surface area (Å²) in [5, 5.41) is 11.4. The van der Waals surface area contributed by atoms with Crippen LogP contribution < -0.4 is 10.4 Å². The molecule has 0 saturated carbocycles. The van der Waals surface area contributed by atoms with Gasteiger partial charge in [0, 0.05) is 12.0 Å². The number of rotatable bonds is 8. The minimum absolute atomic E-state index is 0.104. The molecule has 2 aromatic carbocycles. The molecule has 3 rings (SSSR count). The fourth-order valence-electron chi connectivity index (χ4n) is 4.45. The SMILES string of the molecule is CC1(C)OCC(CCO)(CCC(C)(C)[Si](O)(c2ccccc2)c2ccccc2)CO1. The third-order valence-electron chi connectivity index (χ3n) is 6.74. The van der Waals surface area contributed by atoms with Crippen molar-refractivity contribution in [3.8, 4) is 0 Å². The number of aliphatic hydroxyl groups excluding tert-OH is 1. The molecule has 0 atom stereocenters. The van der Waals surface area contributed by atoms with Crippen LogP contribution in [0.15, 0.2) is 60.7 Å². The third-order valence-corrected chi connectivity index (χ3v) is 11.3. The molecule has 5 heteroatoms. The van der Waals surface area contributed by atoms with E-state index in [9.17, 15) is 9.90 Å². The Morgan fingerprint density at radius 1 is 0.867 bits per heavy atom. The van der Waals surface area contributed by atoms with E-state index in [1.54, 1.807) is 0 Å². The Balaban J connectivity index is 1.90. The van der Waals surface area contributed by atoms with Gasteiger partial charge in [0.2, 0.25) is 0 Å². The molecule has 164 valence electrons. The van der Waals surface area contributed by atoms with Crippen LogP contribution in [-0.4, -0.2) is 43.8 Å². The number of ether oxygens (including phenoxy) is 2.